The molecule has 0 radical (unpaired) electrons. The van der Waals surface area contributed by atoms with Gasteiger partial charge in [-0.3, -0.25) is 0 Å². The molecule has 1 rings (SSSR count). The maximum absolute atomic E-state index is 9.10. The van der Waals surface area contributed by atoms with Crippen LogP contribution in [0.5, 0.6) is 0 Å². The van der Waals surface area contributed by atoms with Crippen molar-refractivity contribution in [2.45, 2.75) is 20.0 Å². The van der Waals surface area contributed by atoms with Gasteiger partial charge in [0.1, 0.15) is 0 Å². The van der Waals surface area contributed by atoms with Gasteiger partial charge >= 0.3 is 0 Å². The van der Waals surface area contributed by atoms with Gasteiger partial charge in [0.2, 0.25) is 0 Å². The molecule has 0 saturated heterocycles. The van der Waals surface area contributed by atoms with Crippen LogP contribution in [-0.2, 0) is 0 Å². The van der Waals surface area contributed by atoms with Crippen LogP contribution in [0.1, 0.15) is 12.5 Å². The van der Waals surface area contributed by atoms with E-state index in [0.29, 0.717) is 16.7 Å². The Bertz CT molecular complexity index is 382. The van der Waals surface area contributed by atoms with E-state index in [2.05, 4.69) is 10.6 Å². The Hall–Kier alpha value is -0.840. The molecule has 0 aliphatic carbocycles. The van der Waals surface area contributed by atoms with Gasteiger partial charge in [-0.2, -0.15) is 0 Å². The number of anilines is 1. The van der Waals surface area contributed by atoms with E-state index in [9.17, 15) is 0 Å². The zero-order chi connectivity index (χ0) is 12.1. The highest BCUT2D eigenvalue weighted by Gasteiger charge is 2.04. The minimum Gasteiger partial charge on any atom is -0.392 e. The molecule has 5 heteroatoms. The topological polar surface area (TPSA) is 44.3 Å². The largest absolute Gasteiger partial charge is 0.392 e. The van der Waals surface area contributed by atoms with Gasteiger partial charge in [-0.1, -0.05) is 17.7 Å². The molecule has 0 aromatic heterocycles. The van der Waals surface area contributed by atoms with Gasteiger partial charge in [0.05, 0.1) is 6.10 Å². The molecule has 0 bridgehead atoms. The van der Waals surface area contributed by atoms with Crippen LogP contribution >= 0.6 is 23.8 Å². The third-order valence-corrected chi connectivity index (χ3v) is 2.73. The summed E-state index contributed by atoms with van der Waals surface area (Å²) in [6.45, 7) is 4.04. The number of aliphatic hydroxyl groups is 1. The van der Waals surface area contributed by atoms with Gasteiger partial charge in [0.15, 0.2) is 5.11 Å². The van der Waals surface area contributed by atoms with Crippen molar-refractivity contribution in [1.82, 2.24) is 5.32 Å². The van der Waals surface area contributed by atoms with Gasteiger partial charge < -0.3 is 15.7 Å². The highest BCUT2D eigenvalue weighted by atomic mass is 35.5. The first-order valence-corrected chi connectivity index (χ1v) is 5.77. The lowest BCUT2D eigenvalue weighted by molar-refractivity contribution is 0.198. The van der Waals surface area contributed by atoms with Crippen molar-refractivity contribution in [3.8, 4) is 0 Å². The maximum atomic E-state index is 9.10. The van der Waals surface area contributed by atoms with E-state index in [-0.39, 0.29) is 0 Å². The van der Waals surface area contributed by atoms with Crippen LogP contribution in [0, 0.1) is 6.92 Å². The van der Waals surface area contributed by atoms with Gasteiger partial charge in [0, 0.05) is 17.3 Å². The third kappa shape index (κ3) is 3.96. The fourth-order valence-electron chi connectivity index (χ4n) is 1.15. The van der Waals surface area contributed by atoms with Gasteiger partial charge in [0.25, 0.3) is 0 Å². The molecule has 0 unspecified atom stereocenters. The summed E-state index contributed by atoms with van der Waals surface area (Å²) in [5, 5.41) is 16.2. The van der Waals surface area contributed by atoms with E-state index in [1.165, 1.54) is 0 Å². The van der Waals surface area contributed by atoms with Crippen molar-refractivity contribution in [3.63, 3.8) is 0 Å². The molecule has 0 saturated carbocycles. The first-order valence-electron chi connectivity index (χ1n) is 4.98. The fourth-order valence-corrected chi connectivity index (χ4v) is 1.52. The molecule has 0 aliphatic heterocycles. The summed E-state index contributed by atoms with van der Waals surface area (Å²) in [5.74, 6) is 0. The molecule has 3 nitrogen and oxygen atoms in total. The van der Waals surface area contributed by atoms with E-state index in [1.807, 2.05) is 25.1 Å². The summed E-state index contributed by atoms with van der Waals surface area (Å²) in [4.78, 5) is 0. The van der Waals surface area contributed by atoms with E-state index >= 15 is 0 Å². The van der Waals surface area contributed by atoms with Crippen molar-refractivity contribution in [2.75, 3.05) is 11.9 Å². The van der Waals surface area contributed by atoms with Crippen LogP contribution in [0.15, 0.2) is 18.2 Å². The van der Waals surface area contributed by atoms with Gasteiger partial charge in [-0.15, -0.1) is 0 Å². The molecule has 1 atom stereocenters. The molecule has 88 valence electrons. The molecule has 16 heavy (non-hydrogen) atoms. The van der Waals surface area contributed by atoms with E-state index in [1.54, 1.807) is 6.92 Å². The third-order valence-electron chi connectivity index (χ3n) is 2.07. The van der Waals surface area contributed by atoms with Crippen LogP contribution in [-0.4, -0.2) is 22.9 Å². The molecule has 0 spiro atoms. The highest BCUT2D eigenvalue weighted by molar-refractivity contribution is 7.80. The lowest BCUT2D eigenvalue weighted by Crippen LogP contribution is -2.34. The second-order valence-electron chi connectivity index (χ2n) is 3.60. The Balaban J connectivity index is 2.59. The number of hydrogen-bond donors (Lipinski definition) is 3. The standard InChI is InChI=1S/C11H15ClN2OS/c1-7(15)6-13-11(16)14-10-5-3-4-9(12)8(10)2/h3-5,7,15H,6H2,1-2H3,(H2,13,14,16)/t7-/m0/s1. The van der Waals surface area contributed by atoms with E-state index < -0.39 is 6.10 Å². The zero-order valence-electron chi connectivity index (χ0n) is 9.25. The van der Waals surface area contributed by atoms with Crippen LogP contribution < -0.4 is 10.6 Å². The average Bonchev–Trinajstić information content (AvgIpc) is 2.22. The summed E-state index contributed by atoms with van der Waals surface area (Å²) in [7, 11) is 0. The van der Waals surface area contributed by atoms with E-state index in [4.69, 9.17) is 28.9 Å². The summed E-state index contributed by atoms with van der Waals surface area (Å²) >= 11 is 11.1. The Kier molecular flexibility index (Phi) is 4.99. The quantitative estimate of drug-likeness (QED) is 0.728. The van der Waals surface area contributed by atoms with Crippen molar-refractivity contribution in [1.29, 1.82) is 0 Å². The normalized spacial score (nSPS) is 12.0. The number of halogens is 1. The predicted molar refractivity (Wildman–Crippen MR) is 72.1 cm³/mol. The monoisotopic (exact) mass is 258 g/mol. The summed E-state index contributed by atoms with van der Waals surface area (Å²) in [6.07, 6.45) is -0.430. The lowest BCUT2D eigenvalue weighted by atomic mass is 10.2. The number of nitrogens with one attached hydrogen (secondary N) is 2. The Morgan fingerprint density at radius 1 is 1.56 bits per heavy atom. The molecule has 0 fully saturated rings. The van der Waals surface area contributed by atoms with Crippen LogP contribution in [0.25, 0.3) is 0 Å². The first kappa shape index (κ1) is 13.2. The van der Waals surface area contributed by atoms with E-state index in [0.717, 1.165) is 11.3 Å². The summed E-state index contributed by atoms with van der Waals surface area (Å²) in [5.41, 5.74) is 1.82. The van der Waals surface area contributed by atoms with Crippen LogP contribution in [0.3, 0.4) is 0 Å². The van der Waals surface area contributed by atoms with Crippen LogP contribution in [0.4, 0.5) is 5.69 Å². The second-order valence-corrected chi connectivity index (χ2v) is 4.41. The van der Waals surface area contributed by atoms with Gasteiger partial charge in [-0.05, 0) is 43.8 Å². The van der Waals surface area contributed by atoms with Crippen LogP contribution in [0.2, 0.25) is 5.02 Å². The van der Waals surface area contributed by atoms with Gasteiger partial charge in [-0.25, -0.2) is 0 Å². The Labute approximate surface area is 106 Å². The highest BCUT2D eigenvalue weighted by Crippen LogP contribution is 2.22. The molecule has 0 aliphatic rings. The Morgan fingerprint density at radius 3 is 2.88 bits per heavy atom. The number of rotatable bonds is 3. The minimum atomic E-state index is -0.430. The summed E-state index contributed by atoms with van der Waals surface area (Å²) < 4.78 is 0. The first-order chi connectivity index (χ1) is 7.50. The SMILES string of the molecule is Cc1c(Cl)cccc1NC(=S)NC[C@H](C)O. The van der Waals surface area contributed by atoms with Crippen molar-refractivity contribution in [3.05, 3.63) is 28.8 Å². The van der Waals surface area contributed by atoms with Crippen molar-refractivity contribution in [2.24, 2.45) is 0 Å². The Morgan fingerprint density at radius 2 is 2.25 bits per heavy atom. The fraction of sp³-hybridized carbons (Fsp3) is 0.364. The molecule has 0 heterocycles. The number of thiocarbonyl (C=S) groups is 1. The molecule has 1 aromatic rings. The smallest absolute Gasteiger partial charge is 0.170 e. The van der Waals surface area contributed by atoms with Crippen molar-refractivity contribution < 1.29 is 5.11 Å². The number of hydrogen-bond acceptors (Lipinski definition) is 2. The molecule has 0 amide bonds. The predicted octanol–water partition coefficient (Wildman–Crippen LogP) is 2.32. The zero-order valence-corrected chi connectivity index (χ0v) is 10.8. The summed E-state index contributed by atoms with van der Waals surface area (Å²) in [6, 6.07) is 5.58. The van der Waals surface area contributed by atoms with Crippen molar-refractivity contribution >= 4 is 34.6 Å². The molecular weight excluding hydrogens is 244 g/mol. The molecular formula is C11H15ClN2OS. The molecule has 3 N–H and O–H groups in total. The number of benzene rings is 1. The number of aliphatic hydroxyl groups excluding tert-OH is 1. The maximum Gasteiger partial charge on any atom is 0.170 e. The second kappa shape index (κ2) is 6.03. The minimum absolute atomic E-state index is 0.422. The molecule has 1 aromatic carbocycles. The lowest BCUT2D eigenvalue weighted by Gasteiger charge is -2.13. The average molecular weight is 259 g/mol.